The number of halogens is 3. The molecule has 0 bridgehead atoms. The van der Waals surface area contributed by atoms with Gasteiger partial charge >= 0.3 is 6.18 Å². The van der Waals surface area contributed by atoms with E-state index in [9.17, 15) is 13.2 Å². The van der Waals surface area contributed by atoms with Crippen LogP contribution in [0, 0.1) is 0 Å². The van der Waals surface area contributed by atoms with Crippen LogP contribution in [0.15, 0.2) is 41.5 Å². The monoisotopic (exact) mass is 412 g/mol. The van der Waals surface area contributed by atoms with Gasteiger partial charge in [-0.2, -0.15) is 13.2 Å². The smallest absolute Gasteiger partial charge is 0.422 e. The number of aliphatic imine (C=N–C) groups is 1. The Labute approximate surface area is 166 Å². The van der Waals surface area contributed by atoms with Crippen molar-refractivity contribution in [2.24, 2.45) is 10.7 Å². The first-order chi connectivity index (χ1) is 13.8. The van der Waals surface area contributed by atoms with Crippen LogP contribution in [0.25, 0.3) is 0 Å². The minimum Gasteiger partial charge on any atom is -0.493 e. The standard InChI is InChI=1S/C19H23F3N4O3/c1-27-15-5-3-13(9-16(15)28-2)7-8-24-18(23)26-11-14-4-6-17(25-10-14)29-12-19(20,21)22/h3-6,9-10H,7-8,11-12H2,1-2H3,(H3,23,24,26). The predicted molar refractivity (Wildman–Crippen MR) is 102 cm³/mol. The van der Waals surface area contributed by atoms with Crippen LogP contribution in [0.4, 0.5) is 13.2 Å². The van der Waals surface area contributed by atoms with E-state index in [1.165, 1.54) is 12.3 Å². The summed E-state index contributed by atoms with van der Waals surface area (Å²) in [5.74, 6) is 1.47. The number of alkyl halides is 3. The summed E-state index contributed by atoms with van der Waals surface area (Å²) in [5.41, 5.74) is 7.57. The van der Waals surface area contributed by atoms with Gasteiger partial charge in [0.2, 0.25) is 5.88 Å². The minimum atomic E-state index is -4.40. The van der Waals surface area contributed by atoms with Gasteiger partial charge in [-0.1, -0.05) is 12.1 Å². The van der Waals surface area contributed by atoms with Gasteiger partial charge in [0, 0.05) is 18.8 Å². The Morgan fingerprint density at radius 1 is 1.10 bits per heavy atom. The van der Waals surface area contributed by atoms with E-state index in [-0.39, 0.29) is 18.4 Å². The molecule has 3 N–H and O–H groups in total. The summed E-state index contributed by atoms with van der Waals surface area (Å²) in [7, 11) is 3.16. The third kappa shape index (κ3) is 7.76. The molecule has 2 rings (SSSR count). The second-order valence-corrected chi connectivity index (χ2v) is 5.98. The highest BCUT2D eigenvalue weighted by molar-refractivity contribution is 5.77. The number of nitrogens with one attached hydrogen (secondary N) is 1. The summed E-state index contributed by atoms with van der Waals surface area (Å²) in [6.07, 6.45) is -2.31. The van der Waals surface area contributed by atoms with E-state index in [1.54, 1.807) is 20.3 Å². The van der Waals surface area contributed by atoms with Crippen LogP contribution >= 0.6 is 0 Å². The lowest BCUT2D eigenvalue weighted by Crippen LogP contribution is -2.33. The van der Waals surface area contributed by atoms with Crippen molar-refractivity contribution in [3.05, 3.63) is 47.7 Å². The minimum absolute atomic E-state index is 0.101. The summed E-state index contributed by atoms with van der Waals surface area (Å²) >= 11 is 0. The molecule has 0 aliphatic carbocycles. The number of hydrogen-bond acceptors (Lipinski definition) is 5. The Kier molecular flexibility index (Phi) is 7.93. The van der Waals surface area contributed by atoms with Crippen molar-refractivity contribution in [2.75, 3.05) is 27.4 Å². The number of nitrogens with zero attached hydrogens (tertiary/aromatic N) is 2. The molecule has 0 saturated heterocycles. The van der Waals surface area contributed by atoms with Gasteiger partial charge in [0.05, 0.1) is 20.8 Å². The molecule has 29 heavy (non-hydrogen) atoms. The summed E-state index contributed by atoms with van der Waals surface area (Å²) in [5, 5.41) is 3.00. The molecule has 0 atom stereocenters. The molecular weight excluding hydrogens is 389 g/mol. The van der Waals surface area contributed by atoms with Gasteiger partial charge in [-0.15, -0.1) is 0 Å². The molecule has 158 valence electrons. The van der Waals surface area contributed by atoms with Gasteiger partial charge in [0.25, 0.3) is 0 Å². The van der Waals surface area contributed by atoms with E-state index in [0.717, 1.165) is 5.56 Å². The molecule has 1 heterocycles. The first-order valence-electron chi connectivity index (χ1n) is 8.70. The maximum atomic E-state index is 12.1. The number of guanidine groups is 1. The molecule has 0 radical (unpaired) electrons. The first-order valence-corrected chi connectivity index (χ1v) is 8.70. The largest absolute Gasteiger partial charge is 0.493 e. The van der Waals surface area contributed by atoms with Gasteiger partial charge in [-0.05, 0) is 29.7 Å². The number of nitrogens with two attached hydrogens (primary N) is 1. The third-order valence-corrected chi connectivity index (χ3v) is 3.78. The van der Waals surface area contributed by atoms with Crippen molar-refractivity contribution in [1.82, 2.24) is 10.3 Å². The molecule has 0 unspecified atom stereocenters. The zero-order valence-corrected chi connectivity index (χ0v) is 16.1. The quantitative estimate of drug-likeness (QED) is 0.486. The van der Waals surface area contributed by atoms with Crippen LogP contribution < -0.4 is 25.3 Å². The van der Waals surface area contributed by atoms with Crippen LogP contribution in [0.1, 0.15) is 11.1 Å². The molecule has 1 aromatic carbocycles. The van der Waals surface area contributed by atoms with Crippen LogP contribution in [-0.2, 0) is 13.0 Å². The molecule has 0 aliphatic rings. The number of aromatic nitrogens is 1. The lowest BCUT2D eigenvalue weighted by Gasteiger charge is -2.10. The van der Waals surface area contributed by atoms with Gasteiger partial charge in [-0.3, -0.25) is 0 Å². The van der Waals surface area contributed by atoms with Crippen LogP contribution in [0.3, 0.4) is 0 Å². The summed E-state index contributed by atoms with van der Waals surface area (Å²) in [4.78, 5) is 8.00. The zero-order chi connectivity index (χ0) is 21.3. The normalized spacial score (nSPS) is 11.8. The Morgan fingerprint density at radius 2 is 1.83 bits per heavy atom. The van der Waals surface area contributed by atoms with Gasteiger partial charge < -0.3 is 25.3 Å². The van der Waals surface area contributed by atoms with Crippen molar-refractivity contribution in [3.8, 4) is 17.4 Å². The van der Waals surface area contributed by atoms with E-state index in [1.807, 2.05) is 18.2 Å². The fraction of sp³-hybridized carbons (Fsp3) is 0.368. The maximum Gasteiger partial charge on any atom is 0.422 e. The van der Waals surface area contributed by atoms with Crippen molar-refractivity contribution in [3.63, 3.8) is 0 Å². The molecule has 0 saturated carbocycles. The lowest BCUT2D eigenvalue weighted by atomic mass is 10.1. The van der Waals surface area contributed by atoms with Crippen molar-refractivity contribution >= 4 is 5.96 Å². The van der Waals surface area contributed by atoms with Gasteiger partial charge in [0.1, 0.15) is 0 Å². The molecule has 1 aromatic heterocycles. The highest BCUT2D eigenvalue weighted by Gasteiger charge is 2.28. The van der Waals surface area contributed by atoms with Gasteiger partial charge in [-0.25, -0.2) is 9.98 Å². The highest BCUT2D eigenvalue weighted by Crippen LogP contribution is 2.27. The maximum absolute atomic E-state index is 12.1. The summed E-state index contributed by atoms with van der Waals surface area (Å²) in [6.45, 7) is -0.580. The Balaban J connectivity index is 1.78. The second kappa shape index (κ2) is 10.4. The van der Waals surface area contributed by atoms with E-state index >= 15 is 0 Å². The highest BCUT2D eigenvalue weighted by atomic mass is 19.4. The number of pyridine rings is 1. The van der Waals surface area contributed by atoms with E-state index in [0.29, 0.717) is 30.0 Å². The average Bonchev–Trinajstić information content (AvgIpc) is 2.70. The number of methoxy groups -OCH3 is 2. The van der Waals surface area contributed by atoms with Crippen LogP contribution in [0.5, 0.6) is 17.4 Å². The number of ether oxygens (including phenoxy) is 3. The molecule has 2 aromatic rings. The van der Waals surface area contributed by atoms with Crippen molar-refractivity contribution in [2.45, 2.75) is 19.1 Å². The number of hydrogen-bond donors (Lipinski definition) is 2. The molecule has 10 heteroatoms. The third-order valence-electron chi connectivity index (χ3n) is 3.78. The fourth-order valence-corrected chi connectivity index (χ4v) is 2.35. The molecule has 0 aliphatic heterocycles. The van der Waals surface area contributed by atoms with Gasteiger partial charge in [0.15, 0.2) is 24.1 Å². The van der Waals surface area contributed by atoms with Crippen LogP contribution in [-0.4, -0.2) is 44.5 Å². The Hall–Kier alpha value is -3.17. The van der Waals surface area contributed by atoms with E-state index in [4.69, 9.17) is 15.2 Å². The number of benzene rings is 1. The Morgan fingerprint density at radius 3 is 2.45 bits per heavy atom. The van der Waals surface area contributed by atoms with E-state index in [2.05, 4.69) is 20.0 Å². The molecular formula is C19H23F3N4O3. The fourth-order valence-electron chi connectivity index (χ4n) is 2.35. The number of rotatable bonds is 9. The average molecular weight is 412 g/mol. The second-order valence-electron chi connectivity index (χ2n) is 5.98. The predicted octanol–water partition coefficient (Wildman–Crippen LogP) is 2.69. The molecule has 0 spiro atoms. The first kappa shape index (κ1) is 22.1. The summed E-state index contributed by atoms with van der Waals surface area (Å²) < 4.78 is 51.3. The molecule has 0 amide bonds. The molecule has 7 nitrogen and oxygen atoms in total. The van der Waals surface area contributed by atoms with Crippen molar-refractivity contribution in [1.29, 1.82) is 0 Å². The molecule has 0 fully saturated rings. The summed E-state index contributed by atoms with van der Waals surface area (Å²) in [6, 6.07) is 8.60. The SMILES string of the molecule is COc1ccc(CCNC(N)=NCc2ccc(OCC(F)(F)F)nc2)cc1OC. The Bertz CT molecular complexity index is 811. The van der Waals surface area contributed by atoms with E-state index < -0.39 is 12.8 Å². The van der Waals surface area contributed by atoms with Crippen LogP contribution in [0.2, 0.25) is 0 Å². The lowest BCUT2D eigenvalue weighted by molar-refractivity contribution is -0.154. The zero-order valence-electron chi connectivity index (χ0n) is 16.1. The topological polar surface area (TPSA) is 91.0 Å². The van der Waals surface area contributed by atoms with Crippen molar-refractivity contribution < 1.29 is 27.4 Å².